The number of anilines is 1. The van der Waals surface area contributed by atoms with E-state index in [0.717, 1.165) is 5.56 Å². The molecule has 0 radical (unpaired) electrons. The summed E-state index contributed by atoms with van der Waals surface area (Å²) in [5, 5.41) is 17.7. The van der Waals surface area contributed by atoms with Crippen LogP contribution in [0.5, 0.6) is 11.5 Å². The normalized spacial score (nSPS) is 12.9. The Bertz CT molecular complexity index is 1240. The minimum absolute atomic E-state index is 0.101. The van der Waals surface area contributed by atoms with E-state index in [1.807, 2.05) is 18.2 Å². The molecule has 0 fully saturated rings. The predicted molar refractivity (Wildman–Crippen MR) is 122 cm³/mol. The van der Waals surface area contributed by atoms with Gasteiger partial charge in [-0.2, -0.15) is 10.4 Å². The second-order valence-corrected chi connectivity index (χ2v) is 7.85. The van der Waals surface area contributed by atoms with Crippen LogP contribution in [0.2, 0.25) is 10.2 Å². The summed E-state index contributed by atoms with van der Waals surface area (Å²) in [6, 6.07) is 14.3. The fraction of sp³-hybridized carbons (Fsp3) is 0.174. The Hall–Kier alpha value is -3.47. The molecular weight excluding hydrogens is 451 g/mol. The fourth-order valence-electron chi connectivity index (χ4n) is 3.21. The van der Waals surface area contributed by atoms with Crippen molar-refractivity contribution >= 4 is 40.9 Å². The minimum atomic E-state index is -0.565. The minimum Gasteiger partial charge on any atom is -0.486 e. The molecule has 1 aliphatic rings. The molecule has 9 heteroatoms. The zero-order chi connectivity index (χ0) is 22.7. The third kappa shape index (κ3) is 4.72. The van der Waals surface area contributed by atoms with E-state index in [4.69, 9.17) is 32.7 Å². The number of carbonyl (C=O) groups excluding carboxylic acids is 1. The number of rotatable bonds is 5. The molecule has 2 aromatic carbocycles. The molecule has 1 N–H and O–H groups in total. The summed E-state index contributed by atoms with van der Waals surface area (Å²) in [4.78, 5) is 12.7. The number of aromatic nitrogens is 2. The summed E-state index contributed by atoms with van der Waals surface area (Å²) >= 11 is 12.4. The number of halogens is 2. The van der Waals surface area contributed by atoms with Crippen molar-refractivity contribution in [3.63, 3.8) is 0 Å². The molecule has 0 unspecified atom stereocenters. The SMILES string of the molecule is Cc1nn(Cc2ccc(Cl)cc2)c(Cl)c1C=C(C#N)C(=O)Nc1ccc2c(c1)OCCO2. The largest absolute Gasteiger partial charge is 0.486 e. The summed E-state index contributed by atoms with van der Waals surface area (Å²) in [5.74, 6) is 0.588. The van der Waals surface area contributed by atoms with Gasteiger partial charge in [-0.3, -0.25) is 4.79 Å². The van der Waals surface area contributed by atoms with Gasteiger partial charge in [-0.1, -0.05) is 35.3 Å². The monoisotopic (exact) mass is 468 g/mol. The summed E-state index contributed by atoms with van der Waals surface area (Å²) in [6.07, 6.45) is 1.44. The van der Waals surface area contributed by atoms with E-state index >= 15 is 0 Å². The van der Waals surface area contributed by atoms with Gasteiger partial charge in [0.25, 0.3) is 5.91 Å². The van der Waals surface area contributed by atoms with Crippen LogP contribution in [-0.4, -0.2) is 28.9 Å². The van der Waals surface area contributed by atoms with E-state index in [1.165, 1.54) is 6.08 Å². The molecule has 162 valence electrons. The van der Waals surface area contributed by atoms with E-state index in [9.17, 15) is 10.1 Å². The van der Waals surface area contributed by atoms with Crippen LogP contribution in [0.1, 0.15) is 16.8 Å². The summed E-state index contributed by atoms with van der Waals surface area (Å²) in [5.41, 5.74) is 2.46. The maximum absolute atomic E-state index is 12.7. The second kappa shape index (κ2) is 9.35. The van der Waals surface area contributed by atoms with Crippen molar-refractivity contribution in [1.82, 2.24) is 9.78 Å². The summed E-state index contributed by atoms with van der Waals surface area (Å²) in [7, 11) is 0. The standard InChI is InChI=1S/C23H18Cl2N4O3/c1-14-19(22(25)29(28-14)13-15-2-4-17(24)5-3-15)10-16(12-26)23(30)27-18-6-7-20-21(11-18)32-9-8-31-20/h2-7,10-11H,8-9,13H2,1H3,(H,27,30). The number of aryl methyl sites for hydroxylation is 1. The molecule has 7 nitrogen and oxygen atoms in total. The van der Waals surface area contributed by atoms with Crippen LogP contribution in [0, 0.1) is 18.3 Å². The number of nitrogens with one attached hydrogen (secondary N) is 1. The first-order valence-corrected chi connectivity index (χ1v) is 10.5. The first-order chi connectivity index (χ1) is 15.4. The van der Waals surface area contributed by atoms with E-state index in [2.05, 4.69) is 10.4 Å². The maximum Gasteiger partial charge on any atom is 0.266 e. The van der Waals surface area contributed by atoms with Gasteiger partial charge in [0, 0.05) is 22.3 Å². The third-order valence-electron chi connectivity index (χ3n) is 4.81. The molecule has 0 saturated carbocycles. The highest BCUT2D eigenvalue weighted by Crippen LogP contribution is 2.33. The van der Waals surface area contributed by atoms with Crippen molar-refractivity contribution in [3.8, 4) is 17.6 Å². The molecule has 32 heavy (non-hydrogen) atoms. The Kier molecular flexibility index (Phi) is 6.35. The lowest BCUT2D eigenvalue weighted by Gasteiger charge is -2.18. The first-order valence-electron chi connectivity index (χ1n) is 9.75. The molecule has 0 atom stereocenters. The number of hydrogen-bond donors (Lipinski definition) is 1. The first kappa shape index (κ1) is 21.8. The summed E-state index contributed by atoms with van der Waals surface area (Å²) < 4.78 is 12.6. The van der Waals surface area contributed by atoms with Crippen LogP contribution in [0.15, 0.2) is 48.0 Å². The molecule has 4 rings (SSSR count). The molecule has 0 saturated heterocycles. The van der Waals surface area contributed by atoms with E-state index in [-0.39, 0.29) is 5.57 Å². The summed E-state index contributed by atoms with van der Waals surface area (Å²) in [6.45, 7) is 3.11. The number of hydrogen-bond acceptors (Lipinski definition) is 5. The smallest absolute Gasteiger partial charge is 0.266 e. The lowest BCUT2D eigenvalue weighted by Crippen LogP contribution is -2.17. The third-order valence-corrected chi connectivity index (χ3v) is 5.46. The second-order valence-electron chi connectivity index (χ2n) is 7.06. The fourth-order valence-corrected chi connectivity index (χ4v) is 3.63. The van der Waals surface area contributed by atoms with Gasteiger partial charge in [-0.05, 0) is 42.8 Å². The number of fused-ring (bicyclic) bond motifs is 1. The van der Waals surface area contributed by atoms with Gasteiger partial charge in [0.15, 0.2) is 11.5 Å². The maximum atomic E-state index is 12.7. The van der Waals surface area contributed by atoms with Crippen LogP contribution < -0.4 is 14.8 Å². The van der Waals surface area contributed by atoms with E-state index in [1.54, 1.807) is 41.9 Å². The van der Waals surface area contributed by atoms with Crippen molar-refractivity contribution in [1.29, 1.82) is 5.26 Å². The van der Waals surface area contributed by atoms with Gasteiger partial charge < -0.3 is 14.8 Å². The average Bonchev–Trinajstić information content (AvgIpc) is 3.05. The van der Waals surface area contributed by atoms with Crippen LogP contribution in [0.25, 0.3) is 6.08 Å². The van der Waals surface area contributed by atoms with Gasteiger partial charge in [-0.25, -0.2) is 4.68 Å². The average molecular weight is 469 g/mol. The van der Waals surface area contributed by atoms with Crippen molar-refractivity contribution in [2.24, 2.45) is 0 Å². The zero-order valence-electron chi connectivity index (χ0n) is 17.1. The van der Waals surface area contributed by atoms with Crippen LogP contribution in [0.4, 0.5) is 5.69 Å². The van der Waals surface area contributed by atoms with Crippen molar-refractivity contribution in [2.45, 2.75) is 13.5 Å². The number of nitriles is 1. The van der Waals surface area contributed by atoms with Crippen molar-refractivity contribution < 1.29 is 14.3 Å². The van der Waals surface area contributed by atoms with E-state index < -0.39 is 5.91 Å². The van der Waals surface area contributed by atoms with Crippen LogP contribution in [0.3, 0.4) is 0 Å². The highest BCUT2D eigenvalue weighted by atomic mass is 35.5. The molecular formula is C23H18Cl2N4O3. The topological polar surface area (TPSA) is 89.2 Å². The number of amides is 1. The van der Waals surface area contributed by atoms with E-state index in [0.29, 0.717) is 58.4 Å². The molecule has 1 aliphatic heterocycles. The number of benzene rings is 2. The highest BCUT2D eigenvalue weighted by molar-refractivity contribution is 6.31. The Labute approximate surface area is 194 Å². The lowest BCUT2D eigenvalue weighted by molar-refractivity contribution is -0.112. The molecule has 3 aromatic rings. The van der Waals surface area contributed by atoms with Crippen LogP contribution in [-0.2, 0) is 11.3 Å². The molecule has 0 aliphatic carbocycles. The number of carbonyl (C=O) groups is 1. The zero-order valence-corrected chi connectivity index (χ0v) is 18.6. The highest BCUT2D eigenvalue weighted by Gasteiger charge is 2.18. The quantitative estimate of drug-likeness (QED) is 0.426. The Morgan fingerprint density at radius 1 is 1.19 bits per heavy atom. The Balaban J connectivity index is 1.55. The molecule has 1 aromatic heterocycles. The van der Waals surface area contributed by atoms with Gasteiger partial charge >= 0.3 is 0 Å². The molecule has 0 spiro atoms. The Morgan fingerprint density at radius 2 is 1.91 bits per heavy atom. The lowest BCUT2D eigenvalue weighted by atomic mass is 10.1. The van der Waals surface area contributed by atoms with Crippen molar-refractivity contribution in [3.05, 3.63) is 75.0 Å². The van der Waals surface area contributed by atoms with Gasteiger partial charge in [0.05, 0.1) is 12.2 Å². The van der Waals surface area contributed by atoms with Gasteiger partial charge in [0.1, 0.15) is 30.0 Å². The number of ether oxygens (including phenoxy) is 2. The molecule has 2 heterocycles. The predicted octanol–water partition coefficient (Wildman–Crippen LogP) is 4.86. The van der Waals surface area contributed by atoms with Crippen LogP contribution >= 0.6 is 23.2 Å². The van der Waals surface area contributed by atoms with Gasteiger partial charge in [0.2, 0.25) is 0 Å². The Morgan fingerprint density at radius 3 is 2.62 bits per heavy atom. The van der Waals surface area contributed by atoms with Gasteiger partial charge in [-0.15, -0.1) is 0 Å². The number of nitrogens with zero attached hydrogens (tertiary/aromatic N) is 3. The van der Waals surface area contributed by atoms with Crippen molar-refractivity contribution in [2.75, 3.05) is 18.5 Å². The molecule has 0 bridgehead atoms. The molecule has 1 amide bonds.